The fourth-order valence-corrected chi connectivity index (χ4v) is 2.10. The van der Waals surface area contributed by atoms with E-state index in [9.17, 15) is 0 Å². The first-order valence-corrected chi connectivity index (χ1v) is 4.33. The fraction of sp³-hybridized carbons (Fsp3) is 1.00. The standard InChI is InChI=1S/C8H14N2/c1-2-7(1)5-9-6-8(10-7)3-4-8/h9-10H,1-6H2. The van der Waals surface area contributed by atoms with Crippen LogP contribution in [-0.4, -0.2) is 24.2 Å². The molecule has 3 aliphatic rings. The van der Waals surface area contributed by atoms with Crippen LogP contribution in [-0.2, 0) is 0 Å². The molecule has 56 valence electrons. The summed E-state index contributed by atoms with van der Waals surface area (Å²) in [4.78, 5) is 0. The van der Waals surface area contributed by atoms with Crippen molar-refractivity contribution in [2.45, 2.75) is 36.8 Å². The lowest BCUT2D eigenvalue weighted by molar-refractivity contribution is 0.308. The molecule has 2 heteroatoms. The average molecular weight is 138 g/mol. The van der Waals surface area contributed by atoms with Gasteiger partial charge in [0.05, 0.1) is 0 Å². The van der Waals surface area contributed by atoms with Crippen LogP contribution in [0, 0.1) is 0 Å². The zero-order chi connectivity index (χ0) is 6.66. The van der Waals surface area contributed by atoms with E-state index in [0.29, 0.717) is 11.1 Å². The molecule has 2 aliphatic carbocycles. The Morgan fingerprint density at radius 1 is 0.800 bits per heavy atom. The average Bonchev–Trinajstić information content (AvgIpc) is 2.78. The maximum Gasteiger partial charge on any atom is 0.0313 e. The van der Waals surface area contributed by atoms with Crippen molar-refractivity contribution in [3.63, 3.8) is 0 Å². The molecule has 0 unspecified atom stereocenters. The van der Waals surface area contributed by atoms with Gasteiger partial charge in [-0.25, -0.2) is 0 Å². The normalized spacial score (nSPS) is 38.4. The van der Waals surface area contributed by atoms with Crippen LogP contribution in [0.5, 0.6) is 0 Å². The molecule has 2 spiro atoms. The van der Waals surface area contributed by atoms with Crippen molar-refractivity contribution in [2.75, 3.05) is 13.1 Å². The fourth-order valence-electron chi connectivity index (χ4n) is 2.10. The van der Waals surface area contributed by atoms with Gasteiger partial charge in [-0.3, -0.25) is 0 Å². The predicted octanol–water partition coefficient (Wildman–Crippen LogP) is 0.244. The summed E-state index contributed by atoms with van der Waals surface area (Å²) in [5.41, 5.74) is 1.13. The van der Waals surface area contributed by atoms with Crippen molar-refractivity contribution >= 4 is 0 Å². The van der Waals surface area contributed by atoms with Crippen LogP contribution < -0.4 is 10.6 Å². The van der Waals surface area contributed by atoms with E-state index in [2.05, 4.69) is 10.6 Å². The molecule has 2 saturated carbocycles. The third-order valence-electron chi connectivity index (χ3n) is 3.16. The molecule has 0 bridgehead atoms. The topological polar surface area (TPSA) is 24.1 Å². The summed E-state index contributed by atoms with van der Waals surface area (Å²) >= 11 is 0. The highest BCUT2D eigenvalue weighted by molar-refractivity contribution is 5.18. The van der Waals surface area contributed by atoms with Gasteiger partial charge in [0.15, 0.2) is 0 Å². The molecule has 0 radical (unpaired) electrons. The molecule has 0 aromatic carbocycles. The SMILES string of the molecule is C1CC12CNCC1(CC1)N2. The predicted molar refractivity (Wildman–Crippen MR) is 39.9 cm³/mol. The monoisotopic (exact) mass is 138 g/mol. The summed E-state index contributed by atoms with van der Waals surface area (Å²) in [7, 11) is 0. The van der Waals surface area contributed by atoms with E-state index in [1.807, 2.05) is 0 Å². The summed E-state index contributed by atoms with van der Waals surface area (Å²) in [5.74, 6) is 0. The third kappa shape index (κ3) is 0.663. The van der Waals surface area contributed by atoms with Gasteiger partial charge in [-0.1, -0.05) is 0 Å². The molecule has 10 heavy (non-hydrogen) atoms. The van der Waals surface area contributed by atoms with Crippen molar-refractivity contribution < 1.29 is 0 Å². The molecule has 2 nitrogen and oxygen atoms in total. The van der Waals surface area contributed by atoms with Gasteiger partial charge in [0.2, 0.25) is 0 Å². The summed E-state index contributed by atoms with van der Waals surface area (Å²) in [6, 6.07) is 0. The first-order chi connectivity index (χ1) is 4.83. The molecule has 1 aliphatic heterocycles. The van der Waals surface area contributed by atoms with E-state index in [1.165, 1.54) is 38.8 Å². The van der Waals surface area contributed by atoms with Crippen LogP contribution >= 0.6 is 0 Å². The lowest BCUT2D eigenvalue weighted by atomic mass is 10.1. The highest BCUT2D eigenvalue weighted by atomic mass is 15.2. The van der Waals surface area contributed by atoms with Crippen LogP contribution in [0.2, 0.25) is 0 Å². The number of nitrogens with one attached hydrogen (secondary N) is 2. The number of rotatable bonds is 0. The van der Waals surface area contributed by atoms with Crippen LogP contribution in [0.15, 0.2) is 0 Å². The van der Waals surface area contributed by atoms with E-state index in [0.717, 1.165) is 0 Å². The minimum Gasteiger partial charge on any atom is -0.313 e. The van der Waals surface area contributed by atoms with E-state index in [-0.39, 0.29) is 0 Å². The minimum absolute atomic E-state index is 0.564. The highest BCUT2D eigenvalue weighted by Gasteiger charge is 2.55. The zero-order valence-electron chi connectivity index (χ0n) is 6.24. The zero-order valence-corrected chi connectivity index (χ0v) is 6.24. The van der Waals surface area contributed by atoms with E-state index in [4.69, 9.17) is 0 Å². The van der Waals surface area contributed by atoms with Crippen molar-refractivity contribution in [1.29, 1.82) is 0 Å². The minimum atomic E-state index is 0.564. The van der Waals surface area contributed by atoms with Crippen molar-refractivity contribution in [3.8, 4) is 0 Å². The Labute approximate surface area is 61.4 Å². The maximum atomic E-state index is 3.79. The lowest BCUT2D eigenvalue weighted by Gasteiger charge is -2.32. The Morgan fingerprint density at radius 2 is 1.30 bits per heavy atom. The molecule has 0 aromatic heterocycles. The molecule has 3 rings (SSSR count). The van der Waals surface area contributed by atoms with Crippen LogP contribution in [0.3, 0.4) is 0 Å². The maximum absolute atomic E-state index is 3.79. The van der Waals surface area contributed by atoms with Crippen molar-refractivity contribution in [2.24, 2.45) is 0 Å². The molecule has 3 fully saturated rings. The molecule has 0 aromatic rings. The van der Waals surface area contributed by atoms with Gasteiger partial charge in [-0.2, -0.15) is 0 Å². The van der Waals surface area contributed by atoms with Crippen LogP contribution in [0.1, 0.15) is 25.7 Å². The second-order valence-electron chi connectivity index (χ2n) is 4.29. The van der Waals surface area contributed by atoms with Gasteiger partial charge < -0.3 is 10.6 Å². The Bertz CT molecular complexity index is 150. The summed E-state index contributed by atoms with van der Waals surface area (Å²) in [5, 5.41) is 7.32. The first-order valence-electron chi connectivity index (χ1n) is 4.33. The summed E-state index contributed by atoms with van der Waals surface area (Å²) in [6.45, 7) is 2.43. The molecule has 1 saturated heterocycles. The Hall–Kier alpha value is -0.0800. The van der Waals surface area contributed by atoms with E-state index >= 15 is 0 Å². The smallest absolute Gasteiger partial charge is 0.0313 e. The molecular formula is C8H14N2. The Balaban J connectivity index is 1.80. The molecule has 0 amide bonds. The Morgan fingerprint density at radius 3 is 1.70 bits per heavy atom. The van der Waals surface area contributed by atoms with Gasteiger partial charge in [-0.05, 0) is 25.7 Å². The molecular weight excluding hydrogens is 124 g/mol. The van der Waals surface area contributed by atoms with Gasteiger partial charge in [-0.15, -0.1) is 0 Å². The molecule has 1 heterocycles. The number of hydrogen-bond donors (Lipinski definition) is 2. The Kier molecular flexibility index (Phi) is 0.783. The van der Waals surface area contributed by atoms with Crippen molar-refractivity contribution in [1.82, 2.24) is 10.6 Å². The highest BCUT2D eigenvalue weighted by Crippen LogP contribution is 2.46. The number of hydrogen-bond acceptors (Lipinski definition) is 2. The largest absolute Gasteiger partial charge is 0.313 e. The van der Waals surface area contributed by atoms with E-state index < -0.39 is 0 Å². The summed E-state index contributed by atoms with van der Waals surface area (Å²) < 4.78 is 0. The first kappa shape index (κ1) is 5.56. The molecule has 2 N–H and O–H groups in total. The van der Waals surface area contributed by atoms with Crippen molar-refractivity contribution in [3.05, 3.63) is 0 Å². The second-order valence-corrected chi connectivity index (χ2v) is 4.29. The number of piperazine rings is 1. The lowest BCUT2D eigenvalue weighted by Crippen LogP contribution is -2.58. The van der Waals surface area contributed by atoms with Gasteiger partial charge in [0.1, 0.15) is 0 Å². The summed E-state index contributed by atoms with van der Waals surface area (Å²) in [6.07, 6.45) is 5.62. The van der Waals surface area contributed by atoms with Crippen LogP contribution in [0.4, 0.5) is 0 Å². The van der Waals surface area contributed by atoms with Gasteiger partial charge in [0, 0.05) is 24.2 Å². The second kappa shape index (κ2) is 1.41. The van der Waals surface area contributed by atoms with Gasteiger partial charge >= 0.3 is 0 Å². The molecule has 0 atom stereocenters. The quantitative estimate of drug-likeness (QED) is 0.501. The van der Waals surface area contributed by atoms with E-state index in [1.54, 1.807) is 0 Å². The van der Waals surface area contributed by atoms with Crippen LogP contribution in [0.25, 0.3) is 0 Å². The van der Waals surface area contributed by atoms with Gasteiger partial charge in [0.25, 0.3) is 0 Å². The third-order valence-corrected chi connectivity index (χ3v) is 3.16.